The summed E-state index contributed by atoms with van der Waals surface area (Å²) in [7, 11) is 1.33. The van der Waals surface area contributed by atoms with Gasteiger partial charge in [-0.05, 0) is 36.4 Å². The largest absolute Gasteiger partial charge is 0.489 e. The Hall–Kier alpha value is -2.41. The van der Waals surface area contributed by atoms with E-state index in [0.29, 0.717) is 23.6 Å². The van der Waals surface area contributed by atoms with E-state index in [1.807, 2.05) is 5.38 Å². The average molecular weight is 363 g/mol. The smallest absolute Gasteiger partial charge is 0.328 e. The number of nitrogens with zero attached hydrogens (tertiary/aromatic N) is 1. The molecule has 5 nitrogen and oxygen atoms in total. The molecule has 0 spiro atoms. The van der Waals surface area contributed by atoms with Gasteiger partial charge in [-0.15, -0.1) is 11.3 Å². The summed E-state index contributed by atoms with van der Waals surface area (Å²) in [6, 6.07) is 7.15. The molecule has 0 N–H and O–H groups in total. The number of carbonyl (C=O) groups excluding carboxylic acids is 2. The van der Waals surface area contributed by atoms with Crippen LogP contribution in [0.15, 0.2) is 35.7 Å². The quantitative estimate of drug-likeness (QED) is 0.766. The van der Waals surface area contributed by atoms with Crippen LogP contribution in [0.25, 0.3) is 0 Å². The van der Waals surface area contributed by atoms with Crippen LogP contribution in [0.5, 0.6) is 5.75 Å². The summed E-state index contributed by atoms with van der Waals surface area (Å²) in [5.74, 6) is -0.474. The highest BCUT2D eigenvalue weighted by molar-refractivity contribution is 7.12. The minimum atomic E-state index is -0.508. The number of rotatable bonds is 5. The number of amides is 1. The minimum absolute atomic E-state index is 0.171. The normalized spacial score (nSPS) is 16.7. The summed E-state index contributed by atoms with van der Waals surface area (Å²) in [5.41, 5.74) is 0.825. The molecule has 7 heteroatoms. The summed E-state index contributed by atoms with van der Waals surface area (Å²) in [6.07, 6.45) is 1.41. The van der Waals surface area contributed by atoms with E-state index in [4.69, 9.17) is 9.47 Å². The Kier molecular flexibility index (Phi) is 5.33. The van der Waals surface area contributed by atoms with Gasteiger partial charge in [0.15, 0.2) is 0 Å². The van der Waals surface area contributed by atoms with Crippen molar-refractivity contribution >= 4 is 23.2 Å². The first-order valence-corrected chi connectivity index (χ1v) is 8.81. The molecule has 3 rings (SSSR count). The number of hydrogen-bond acceptors (Lipinski definition) is 5. The molecule has 1 aromatic heterocycles. The summed E-state index contributed by atoms with van der Waals surface area (Å²) < 4.78 is 23.4. The van der Waals surface area contributed by atoms with Crippen molar-refractivity contribution in [3.05, 3.63) is 52.0 Å². The predicted molar refractivity (Wildman–Crippen MR) is 91.1 cm³/mol. The number of thiophene rings is 1. The maximum absolute atomic E-state index is 13.1. The number of halogens is 1. The third-order valence-corrected chi connectivity index (χ3v) is 5.02. The Labute approximate surface area is 149 Å². The molecular formula is C18H18FNO4S. The third-order valence-electron chi connectivity index (χ3n) is 4.05. The van der Waals surface area contributed by atoms with Crippen LogP contribution in [0, 0.1) is 5.82 Å². The zero-order valence-corrected chi connectivity index (χ0v) is 14.6. The van der Waals surface area contributed by atoms with Crippen LogP contribution in [0.3, 0.4) is 0 Å². The van der Waals surface area contributed by atoms with Crippen molar-refractivity contribution in [3.63, 3.8) is 0 Å². The van der Waals surface area contributed by atoms with Crippen LogP contribution in [-0.2, 0) is 16.1 Å². The summed E-state index contributed by atoms with van der Waals surface area (Å²) in [5, 5.41) is 1.83. The lowest BCUT2D eigenvalue weighted by atomic mass is 10.2. The van der Waals surface area contributed by atoms with Crippen molar-refractivity contribution in [2.75, 3.05) is 13.7 Å². The topological polar surface area (TPSA) is 55.8 Å². The van der Waals surface area contributed by atoms with E-state index in [9.17, 15) is 14.0 Å². The van der Waals surface area contributed by atoms with Gasteiger partial charge in [0, 0.05) is 18.2 Å². The first-order valence-electron chi connectivity index (χ1n) is 7.93. The lowest BCUT2D eigenvalue weighted by Crippen LogP contribution is -2.40. The molecule has 1 aliphatic rings. The van der Waals surface area contributed by atoms with Crippen molar-refractivity contribution in [2.45, 2.75) is 25.5 Å². The molecule has 1 saturated heterocycles. The number of methoxy groups -OCH3 is 1. The van der Waals surface area contributed by atoms with Gasteiger partial charge in [-0.3, -0.25) is 4.79 Å². The number of esters is 1. The zero-order chi connectivity index (χ0) is 17.8. The molecule has 132 valence electrons. The van der Waals surface area contributed by atoms with E-state index < -0.39 is 6.04 Å². The molecule has 0 radical (unpaired) electrons. The molecule has 0 aliphatic carbocycles. The molecule has 1 unspecified atom stereocenters. The Morgan fingerprint density at radius 1 is 1.36 bits per heavy atom. The highest BCUT2D eigenvalue weighted by atomic mass is 32.1. The zero-order valence-electron chi connectivity index (χ0n) is 13.7. The van der Waals surface area contributed by atoms with Crippen molar-refractivity contribution in [1.82, 2.24) is 4.90 Å². The van der Waals surface area contributed by atoms with Gasteiger partial charge >= 0.3 is 5.97 Å². The highest BCUT2D eigenvalue weighted by Gasteiger charge is 2.35. The van der Waals surface area contributed by atoms with Crippen LogP contribution >= 0.6 is 11.3 Å². The van der Waals surface area contributed by atoms with E-state index in [1.165, 1.54) is 30.6 Å². The first-order chi connectivity index (χ1) is 12.1. The van der Waals surface area contributed by atoms with Gasteiger partial charge in [-0.2, -0.15) is 0 Å². The van der Waals surface area contributed by atoms with Gasteiger partial charge in [-0.1, -0.05) is 6.07 Å². The lowest BCUT2D eigenvalue weighted by molar-refractivity contribution is -0.145. The average Bonchev–Trinajstić information content (AvgIpc) is 3.28. The summed E-state index contributed by atoms with van der Waals surface area (Å²) >= 11 is 1.31. The van der Waals surface area contributed by atoms with Gasteiger partial charge in [0.05, 0.1) is 12.0 Å². The van der Waals surface area contributed by atoms with Gasteiger partial charge in [0.2, 0.25) is 0 Å². The Balaban J connectivity index is 1.64. The van der Waals surface area contributed by atoms with E-state index in [2.05, 4.69) is 0 Å². The molecule has 2 heterocycles. The molecule has 1 aromatic carbocycles. The van der Waals surface area contributed by atoms with Crippen LogP contribution < -0.4 is 4.74 Å². The van der Waals surface area contributed by atoms with Crippen LogP contribution in [0.1, 0.15) is 28.1 Å². The predicted octanol–water partition coefficient (Wildman–Crippen LogP) is 3.24. The summed E-state index contributed by atoms with van der Waals surface area (Å²) in [6.45, 7) is 0.791. The number of likely N-dealkylation sites (tertiary alicyclic amines) is 1. The Morgan fingerprint density at radius 2 is 2.20 bits per heavy atom. The van der Waals surface area contributed by atoms with Crippen molar-refractivity contribution in [3.8, 4) is 5.75 Å². The van der Waals surface area contributed by atoms with E-state index >= 15 is 0 Å². The van der Waals surface area contributed by atoms with Crippen LogP contribution in [-0.4, -0.2) is 36.5 Å². The Bertz CT molecular complexity index is 776. The first kappa shape index (κ1) is 17.4. The second-order valence-corrected chi connectivity index (χ2v) is 6.66. The Morgan fingerprint density at radius 3 is 2.96 bits per heavy atom. The molecule has 25 heavy (non-hydrogen) atoms. The fourth-order valence-electron chi connectivity index (χ4n) is 2.82. The van der Waals surface area contributed by atoms with Crippen molar-refractivity contribution in [2.24, 2.45) is 0 Å². The molecule has 0 bridgehead atoms. The number of carbonyl (C=O) groups is 2. The number of ether oxygens (including phenoxy) is 2. The van der Waals surface area contributed by atoms with Gasteiger partial charge in [0.25, 0.3) is 5.91 Å². The van der Waals surface area contributed by atoms with Crippen molar-refractivity contribution < 1.29 is 23.5 Å². The maximum Gasteiger partial charge on any atom is 0.328 e. The second-order valence-electron chi connectivity index (χ2n) is 5.74. The molecule has 1 amide bonds. The van der Waals surface area contributed by atoms with Gasteiger partial charge < -0.3 is 14.4 Å². The molecule has 1 aliphatic heterocycles. The molecule has 0 saturated carbocycles. The fraction of sp³-hybridized carbons (Fsp3) is 0.333. The van der Waals surface area contributed by atoms with Gasteiger partial charge in [0.1, 0.15) is 24.2 Å². The molecule has 1 atom stereocenters. The van der Waals surface area contributed by atoms with Crippen molar-refractivity contribution in [1.29, 1.82) is 0 Å². The van der Waals surface area contributed by atoms with Crippen LogP contribution in [0.4, 0.5) is 4.39 Å². The monoisotopic (exact) mass is 363 g/mol. The maximum atomic E-state index is 13.1. The standard InChI is InChI=1S/C18H18FNO4S/c1-23-18(22)15-6-3-7-20(15)17(21)16-8-12(11-25-16)10-24-14-5-2-4-13(19)9-14/h2,4-5,8-9,11,15H,3,6-7,10H2,1H3. The van der Waals surface area contributed by atoms with E-state index in [1.54, 1.807) is 23.1 Å². The van der Waals surface area contributed by atoms with Gasteiger partial charge in [-0.25, -0.2) is 9.18 Å². The fourth-order valence-corrected chi connectivity index (χ4v) is 3.67. The molecule has 1 fully saturated rings. The lowest BCUT2D eigenvalue weighted by Gasteiger charge is -2.21. The SMILES string of the molecule is COC(=O)C1CCCN1C(=O)c1cc(COc2cccc(F)c2)cs1. The highest BCUT2D eigenvalue weighted by Crippen LogP contribution is 2.25. The van der Waals surface area contributed by atoms with E-state index in [0.717, 1.165) is 12.0 Å². The number of hydrogen-bond donors (Lipinski definition) is 0. The third kappa shape index (κ3) is 3.99. The van der Waals surface area contributed by atoms with Crippen LogP contribution in [0.2, 0.25) is 0 Å². The van der Waals surface area contributed by atoms with E-state index in [-0.39, 0.29) is 24.3 Å². The number of benzene rings is 1. The molecule has 2 aromatic rings. The minimum Gasteiger partial charge on any atom is -0.489 e. The summed E-state index contributed by atoms with van der Waals surface area (Å²) in [4.78, 5) is 26.6. The molecular weight excluding hydrogens is 345 g/mol. The second kappa shape index (κ2) is 7.65.